The van der Waals surface area contributed by atoms with Crippen molar-refractivity contribution in [3.8, 4) is 0 Å². The number of aliphatic hydroxyl groups is 3. The summed E-state index contributed by atoms with van der Waals surface area (Å²) in [6.45, 7) is 5.68. The maximum Gasteiger partial charge on any atom is 0.344 e. The zero-order valence-corrected chi connectivity index (χ0v) is 14.2. The number of hydrogen-bond acceptors (Lipinski definition) is 7. The van der Waals surface area contributed by atoms with E-state index in [1.807, 2.05) is 6.08 Å². The minimum atomic E-state index is -2.19. The molecule has 2 aliphatic heterocycles. The van der Waals surface area contributed by atoms with Gasteiger partial charge in [-0.15, -0.1) is 0 Å². The molecular weight excluding hydrogens is 302 g/mol. The number of aliphatic hydroxyl groups excluding tert-OH is 1. The number of hydrogen-bond donors (Lipinski definition) is 3. The summed E-state index contributed by atoms with van der Waals surface area (Å²) in [6.07, 6.45) is 1.22. The molecule has 0 aromatic rings. The van der Waals surface area contributed by atoms with Crippen molar-refractivity contribution in [2.45, 2.75) is 56.6 Å². The topological polar surface area (TPSA) is 99.5 Å². The Balaban J connectivity index is 2.06. The Morgan fingerprint density at radius 1 is 1.48 bits per heavy atom. The van der Waals surface area contributed by atoms with E-state index < -0.39 is 29.4 Å². The Kier molecular flexibility index (Phi) is 5.18. The van der Waals surface area contributed by atoms with Crippen LogP contribution in [0, 0.1) is 0 Å². The summed E-state index contributed by atoms with van der Waals surface area (Å²) in [5.74, 6) is -0.939. The second-order valence-electron chi connectivity index (χ2n) is 6.85. The average molecular weight is 329 g/mol. The van der Waals surface area contributed by atoms with E-state index in [1.54, 1.807) is 0 Å². The van der Waals surface area contributed by atoms with E-state index in [9.17, 15) is 20.1 Å². The molecule has 7 heteroatoms. The van der Waals surface area contributed by atoms with Gasteiger partial charge >= 0.3 is 5.97 Å². The van der Waals surface area contributed by atoms with E-state index in [-0.39, 0.29) is 12.6 Å². The molecule has 0 spiro atoms. The van der Waals surface area contributed by atoms with Crippen LogP contribution in [0.1, 0.15) is 27.2 Å². The van der Waals surface area contributed by atoms with E-state index in [0.29, 0.717) is 6.42 Å². The van der Waals surface area contributed by atoms with Gasteiger partial charge in [-0.05, 0) is 32.8 Å². The van der Waals surface area contributed by atoms with Crippen LogP contribution in [0.5, 0.6) is 0 Å². The van der Waals surface area contributed by atoms with Gasteiger partial charge in [-0.25, -0.2) is 4.79 Å². The van der Waals surface area contributed by atoms with Crippen LogP contribution < -0.4 is 0 Å². The molecule has 2 rings (SSSR count). The molecule has 0 bridgehead atoms. The summed E-state index contributed by atoms with van der Waals surface area (Å²) < 4.78 is 10.3. The third kappa shape index (κ3) is 3.16. The zero-order valence-electron chi connectivity index (χ0n) is 14.2. The summed E-state index contributed by atoms with van der Waals surface area (Å²) in [4.78, 5) is 14.5. The fourth-order valence-electron chi connectivity index (χ4n) is 3.37. The molecule has 2 aliphatic rings. The van der Waals surface area contributed by atoms with E-state index >= 15 is 0 Å². The van der Waals surface area contributed by atoms with Gasteiger partial charge in [0.05, 0.1) is 18.2 Å². The van der Waals surface area contributed by atoms with Crippen LogP contribution in [0.3, 0.4) is 0 Å². The normalized spacial score (nSPS) is 28.9. The largest absolute Gasteiger partial charge is 0.459 e. The highest BCUT2D eigenvalue weighted by Crippen LogP contribution is 2.31. The van der Waals surface area contributed by atoms with Gasteiger partial charge in [0.25, 0.3) is 0 Å². The predicted octanol–water partition coefficient (Wildman–Crippen LogP) is -0.558. The molecule has 0 unspecified atom stereocenters. The molecule has 1 fully saturated rings. The summed E-state index contributed by atoms with van der Waals surface area (Å²) in [5, 5.41) is 30.9. The monoisotopic (exact) mass is 329 g/mol. The molecule has 0 saturated carbocycles. The number of methoxy groups -OCH3 is 1. The fraction of sp³-hybridized carbons (Fsp3) is 0.812. The first kappa shape index (κ1) is 18.4. The molecule has 7 nitrogen and oxygen atoms in total. The van der Waals surface area contributed by atoms with E-state index in [1.165, 1.54) is 27.9 Å². The van der Waals surface area contributed by atoms with E-state index in [0.717, 1.165) is 18.7 Å². The molecule has 3 N–H and O–H groups in total. The van der Waals surface area contributed by atoms with Gasteiger partial charge < -0.3 is 24.8 Å². The first-order valence-corrected chi connectivity index (χ1v) is 7.88. The summed E-state index contributed by atoms with van der Waals surface area (Å²) in [7, 11) is 1.35. The van der Waals surface area contributed by atoms with Crippen LogP contribution in [0.25, 0.3) is 0 Å². The molecule has 1 saturated heterocycles. The van der Waals surface area contributed by atoms with Crippen molar-refractivity contribution in [1.29, 1.82) is 0 Å². The van der Waals surface area contributed by atoms with Crippen molar-refractivity contribution in [2.24, 2.45) is 0 Å². The lowest BCUT2D eigenvalue weighted by molar-refractivity contribution is -0.216. The zero-order chi connectivity index (χ0) is 17.4. The smallest absolute Gasteiger partial charge is 0.344 e. The third-order valence-corrected chi connectivity index (χ3v) is 4.99. The fourth-order valence-corrected chi connectivity index (χ4v) is 3.37. The Morgan fingerprint density at radius 2 is 2.13 bits per heavy atom. The van der Waals surface area contributed by atoms with Crippen LogP contribution in [0.4, 0.5) is 0 Å². The van der Waals surface area contributed by atoms with E-state index in [4.69, 9.17) is 9.47 Å². The van der Waals surface area contributed by atoms with Crippen molar-refractivity contribution in [2.75, 3.05) is 26.8 Å². The summed E-state index contributed by atoms with van der Waals surface area (Å²) in [6, 6.07) is -0.127. The molecule has 0 aliphatic carbocycles. The number of fused-ring (bicyclic) bond motifs is 1. The van der Waals surface area contributed by atoms with Crippen LogP contribution in [-0.2, 0) is 14.3 Å². The van der Waals surface area contributed by atoms with Gasteiger partial charge in [-0.3, -0.25) is 4.90 Å². The number of rotatable bonds is 6. The molecule has 0 amide bonds. The summed E-state index contributed by atoms with van der Waals surface area (Å²) in [5.41, 5.74) is -3.09. The van der Waals surface area contributed by atoms with Crippen LogP contribution >= 0.6 is 0 Å². The molecule has 0 aromatic heterocycles. The minimum absolute atomic E-state index is 0.0219. The van der Waals surface area contributed by atoms with E-state index in [2.05, 4.69) is 4.90 Å². The molecule has 2 heterocycles. The van der Waals surface area contributed by atoms with Crippen molar-refractivity contribution >= 4 is 5.97 Å². The van der Waals surface area contributed by atoms with Crippen molar-refractivity contribution in [3.63, 3.8) is 0 Å². The number of carbonyl (C=O) groups is 1. The molecular formula is C16H27NO6. The van der Waals surface area contributed by atoms with Crippen molar-refractivity contribution < 1.29 is 29.6 Å². The molecule has 132 valence electrons. The lowest BCUT2D eigenvalue weighted by Crippen LogP contribution is -2.63. The number of nitrogens with zero attached hydrogens (tertiary/aromatic N) is 1. The SMILES string of the molecule is CO[C@@H](C)[C@](O)(C(=O)OCC1=CCN2CC[C@H](O)[C@@H]12)C(C)(C)O. The third-order valence-electron chi connectivity index (χ3n) is 4.99. The highest BCUT2D eigenvalue weighted by atomic mass is 16.6. The van der Waals surface area contributed by atoms with Gasteiger partial charge in [0.1, 0.15) is 12.2 Å². The van der Waals surface area contributed by atoms with Gasteiger partial charge in [-0.2, -0.15) is 0 Å². The Hall–Kier alpha value is -0.990. The number of esters is 1. The summed E-state index contributed by atoms with van der Waals surface area (Å²) >= 11 is 0. The van der Waals surface area contributed by atoms with Crippen LogP contribution in [0.2, 0.25) is 0 Å². The minimum Gasteiger partial charge on any atom is -0.459 e. The van der Waals surface area contributed by atoms with Gasteiger partial charge in [0, 0.05) is 20.2 Å². The first-order chi connectivity index (χ1) is 10.6. The van der Waals surface area contributed by atoms with Gasteiger partial charge in [0.15, 0.2) is 0 Å². The number of carbonyl (C=O) groups excluding carboxylic acids is 1. The first-order valence-electron chi connectivity index (χ1n) is 7.88. The van der Waals surface area contributed by atoms with Gasteiger partial charge in [0.2, 0.25) is 5.60 Å². The second-order valence-corrected chi connectivity index (χ2v) is 6.85. The van der Waals surface area contributed by atoms with Crippen molar-refractivity contribution in [1.82, 2.24) is 4.90 Å². The predicted molar refractivity (Wildman–Crippen MR) is 82.7 cm³/mol. The standard InChI is InChI=1S/C16H27NO6/c1-10(22-4)16(21,15(2,3)20)14(19)23-9-11-5-7-17-8-6-12(18)13(11)17/h5,10,12-13,18,20-21H,6-9H2,1-4H3/t10-,12-,13+,16-/m0/s1. The lowest BCUT2D eigenvalue weighted by atomic mass is 9.81. The lowest BCUT2D eigenvalue weighted by Gasteiger charge is -2.40. The van der Waals surface area contributed by atoms with Gasteiger partial charge in [-0.1, -0.05) is 6.08 Å². The van der Waals surface area contributed by atoms with Crippen molar-refractivity contribution in [3.05, 3.63) is 11.6 Å². The quantitative estimate of drug-likeness (QED) is 0.444. The molecule has 0 radical (unpaired) electrons. The van der Waals surface area contributed by atoms with Crippen LogP contribution in [0.15, 0.2) is 11.6 Å². The Morgan fingerprint density at radius 3 is 2.70 bits per heavy atom. The second kappa shape index (κ2) is 6.49. The molecule has 4 atom stereocenters. The maximum absolute atomic E-state index is 12.4. The number of ether oxygens (including phenoxy) is 2. The molecule has 23 heavy (non-hydrogen) atoms. The highest BCUT2D eigenvalue weighted by Gasteiger charge is 2.55. The maximum atomic E-state index is 12.4. The van der Waals surface area contributed by atoms with Crippen LogP contribution in [-0.4, -0.2) is 82.4 Å². The molecule has 0 aromatic carbocycles. The Labute approximate surface area is 136 Å². The highest BCUT2D eigenvalue weighted by molar-refractivity contribution is 5.82. The average Bonchev–Trinajstić information content (AvgIpc) is 3.05. The Bertz CT molecular complexity index is 485.